The lowest BCUT2D eigenvalue weighted by Gasteiger charge is -2.03. The molecule has 0 fully saturated rings. The molecule has 0 bridgehead atoms. The quantitative estimate of drug-likeness (QED) is 0.396. The molecule has 6 nitrogen and oxygen atoms in total. The molecule has 0 aliphatic rings. The van der Waals surface area contributed by atoms with Crippen molar-refractivity contribution < 1.29 is 9.53 Å². The second-order valence-corrected chi connectivity index (χ2v) is 8.54. The largest absolute Gasteiger partial charge is 0.494 e. The van der Waals surface area contributed by atoms with Crippen LogP contribution in [0.2, 0.25) is 0 Å². The molecule has 0 saturated heterocycles. The van der Waals surface area contributed by atoms with E-state index in [1.54, 1.807) is 0 Å². The lowest BCUT2D eigenvalue weighted by molar-refractivity contribution is -0.115. The van der Waals surface area contributed by atoms with Crippen LogP contribution < -0.4 is 10.1 Å². The Bertz CT molecular complexity index is 1300. The maximum Gasteiger partial charge on any atom is 0.232 e. The molecule has 0 aliphatic heterocycles. The number of nitrogens with zero attached hydrogens (tertiary/aromatic N) is 3. The van der Waals surface area contributed by atoms with Gasteiger partial charge in [-0.15, -0.1) is 11.3 Å². The van der Waals surface area contributed by atoms with Crippen LogP contribution in [0.1, 0.15) is 12.6 Å². The predicted molar refractivity (Wildman–Crippen MR) is 122 cm³/mol. The van der Waals surface area contributed by atoms with Gasteiger partial charge in [0, 0.05) is 22.8 Å². The van der Waals surface area contributed by atoms with Gasteiger partial charge in [-0.3, -0.25) is 9.20 Å². The molecule has 8 heteroatoms. The highest BCUT2D eigenvalue weighted by atomic mass is 32.1. The van der Waals surface area contributed by atoms with Crippen LogP contribution in [-0.4, -0.2) is 26.9 Å². The highest BCUT2D eigenvalue weighted by Gasteiger charge is 2.14. The van der Waals surface area contributed by atoms with Crippen LogP contribution >= 0.6 is 22.7 Å². The van der Waals surface area contributed by atoms with Crippen LogP contribution in [0.25, 0.3) is 26.4 Å². The molecule has 5 rings (SSSR count). The summed E-state index contributed by atoms with van der Waals surface area (Å²) in [4.78, 5) is 22.6. The summed E-state index contributed by atoms with van der Waals surface area (Å²) in [6, 6.07) is 15.7. The SMILES string of the molecule is CCOc1ccc(-c2cn3c(CC(=O)Nc4nc5ccccc5s4)csc3n2)cc1. The number of benzene rings is 2. The van der Waals surface area contributed by atoms with Gasteiger partial charge in [-0.2, -0.15) is 0 Å². The molecule has 30 heavy (non-hydrogen) atoms. The fourth-order valence-corrected chi connectivity index (χ4v) is 4.99. The van der Waals surface area contributed by atoms with Crippen molar-refractivity contribution >= 4 is 48.9 Å². The number of amides is 1. The molecule has 0 aliphatic carbocycles. The van der Waals surface area contributed by atoms with E-state index in [1.807, 2.05) is 71.4 Å². The number of imidazole rings is 1. The van der Waals surface area contributed by atoms with E-state index in [0.29, 0.717) is 11.7 Å². The second kappa shape index (κ2) is 7.89. The first-order valence-corrected chi connectivity index (χ1v) is 11.2. The first-order valence-electron chi connectivity index (χ1n) is 9.54. The van der Waals surface area contributed by atoms with E-state index < -0.39 is 0 Å². The number of ether oxygens (including phenoxy) is 1. The van der Waals surface area contributed by atoms with E-state index in [-0.39, 0.29) is 12.3 Å². The van der Waals surface area contributed by atoms with Crippen molar-refractivity contribution in [1.29, 1.82) is 0 Å². The van der Waals surface area contributed by atoms with Crippen LogP contribution in [0.4, 0.5) is 5.13 Å². The summed E-state index contributed by atoms with van der Waals surface area (Å²) in [5.41, 5.74) is 3.68. The van der Waals surface area contributed by atoms with Crippen molar-refractivity contribution in [2.45, 2.75) is 13.3 Å². The molecule has 0 spiro atoms. The van der Waals surface area contributed by atoms with Crippen molar-refractivity contribution in [2.75, 3.05) is 11.9 Å². The number of hydrogen-bond acceptors (Lipinski definition) is 6. The Labute approximate surface area is 180 Å². The van der Waals surface area contributed by atoms with E-state index >= 15 is 0 Å². The third-order valence-corrected chi connectivity index (χ3v) is 6.47. The summed E-state index contributed by atoms with van der Waals surface area (Å²) in [5.74, 6) is 0.750. The minimum Gasteiger partial charge on any atom is -0.494 e. The van der Waals surface area contributed by atoms with E-state index in [1.165, 1.54) is 22.7 Å². The summed E-state index contributed by atoms with van der Waals surface area (Å²) in [7, 11) is 0. The van der Waals surface area contributed by atoms with Crippen molar-refractivity contribution in [3.63, 3.8) is 0 Å². The normalized spacial score (nSPS) is 11.2. The number of hydrogen-bond donors (Lipinski definition) is 1. The molecular formula is C22H18N4O2S2. The molecule has 5 aromatic rings. The fraction of sp³-hybridized carbons (Fsp3) is 0.136. The number of thiazole rings is 2. The van der Waals surface area contributed by atoms with Gasteiger partial charge in [0.25, 0.3) is 0 Å². The third-order valence-electron chi connectivity index (χ3n) is 4.63. The Balaban J connectivity index is 1.33. The number of anilines is 1. The van der Waals surface area contributed by atoms with Crippen molar-refractivity contribution in [3.8, 4) is 17.0 Å². The Kier molecular flexibility index (Phi) is 4.94. The zero-order valence-corrected chi connectivity index (χ0v) is 17.8. The Morgan fingerprint density at radius 1 is 1.13 bits per heavy atom. The van der Waals surface area contributed by atoms with Crippen LogP contribution in [0.15, 0.2) is 60.1 Å². The lowest BCUT2D eigenvalue weighted by Crippen LogP contribution is -2.15. The number of para-hydroxylation sites is 1. The van der Waals surface area contributed by atoms with Gasteiger partial charge in [0.2, 0.25) is 5.91 Å². The first kappa shape index (κ1) is 18.8. The number of nitrogens with one attached hydrogen (secondary N) is 1. The minimum atomic E-state index is -0.0925. The van der Waals surface area contributed by atoms with Gasteiger partial charge in [-0.25, -0.2) is 9.97 Å². The van der Waals surface area contributed by atoms with Gasteiger partial charge in [0.05, 0.1) is 28.9 Å². The summed E-state index contributed by atoms with van der Waals surface area (Å²) >= 11 is 3.00. The lowest BCUT2D eigenvalue weighted by atomic mass is 10.1. The molecule has 3 heterocycles. The van der Waals surface area contributed by atoms with Gasteiger partial charge < -0.3 is 10.1 Å². The zero-order valence-electron chi connectivity index (χ0n) is 16.2. The number of rotatable bonds is 6. The molecular weight excluding hydrogens is 416 g/mol. The average Bonchev–Trinajstić information content (AvgIpc) is 3.43. The number of fused-ring (bicyclic) bond motifs is 2. The molecule has 0 radical (unpaired) electrons. The summed E-state index contributed by atoms with van der Waals surface area (Å²) < 4.78 is 8.54. The number of carbonyl (C=O) groups is 1. The maximum absolute atomic E-state index is 12.6. The van der Waals surface area contributed by atoms with Crippen LogP contribution in [0, 0.1) is 0 Å². The van der Waals surface area contributed by atoms with E-state index in [2.05, 4.69) is 10.3 Å². The molecule has 0 unspecified atom stereocenters. The molecule has 2 aromatic carbocycles. The van der Waals surface area contributed by atoms with Crippen LogP contribution in [0.3, 0.4) is 0 Å². The average molecular weight is 435 g/mol. The summed E-state index contributed by atoms with van der Waals surface area (Å²) in [5, 5.41) is 5.51. The Morgan fingerprint density at radius 3 is 2.77 bits per heavy atom. The summed E-state index contributed by atoms with van der Waals surface area (Å²) in [6.45, 7) is 2.61. The zero-order chi connectivity index (χ0) is 20.5. The molecule has 0 saturated carbocycles. The summed E-state index contributed by atoms with van der Waals surface area (Å²) in [6.07, 6.45) is 2.23. The van der Waals surface area contributed by atoms with E-state index in [9.17, 15) is 4.79 Å². The monoisotopic (exact) mass is 434 g/mol. The third kappa shape index (κ3) is 3.67. The predicted octanol–water partition coefficient (Wildman–Crippen LogP) is 5.25. The maximum atomic E-state index is 12.6. The second-order valence-electron chi connectivity index (χ2n) is 6.67. The molecule has 3 aromatic heterocycles. The Hall–Kier alpha value is -3.23. The van der Waals surface area contributed by atoms with E-state index in [0.717, 1.165) is 37.9 Å². The van der Waals surface area contributed by atoms with Crippen molar-refractivity contribution in [1.82, 2.24) is 14.4 Å². The molecule has 1 N–H and O–H groups in total. The standard InChI is InChI=1S/C22H18N4O2S2/c1-2-28-16-9-7-14(8-10-16)18-12-26-15(13-29-22(26)24-18)11-20(27)25-21-23-17-5-3-4-6-19(17)30-21/h3-10,12-13H,2,11H2,1H3,(H,23,25,27). The Morgan fingerprint density at radius 2 is 1.97 bits per heavy atom. The van der Waals surface area contributed by atoms with Gasteiger partial charge >= 0.3 is 0 Å². The van der Waals surface area contributed by atoms with Crippen LogP contribution in [-0.2, 0) is 11.2 Å². The highest BCUT2D eigenvalue weighted by molar-refractivity contribution is 7.22. The smallest absolute Gasteiger partial charge is 0.232 e. The van der Waals surface area contributed by atoms with E-state index in [4.69, 9.17) is 9.72 Å². The molecule has 0 atom stereocenters. The molecule has 150 valence electrons. The number of aromatic nitrogens is 3. The van der Waals surface area contributed by atoms with Crippen molar-refractivity contribution in [3.05, 3.63) is 65.8 Å². The van der Waals surface area contributed by atoms with Crippen LogP contribution in [0.5, 0.6) is 5.75 Å². The van der Waals surface area contributed by atoms with Crippen molar-refractivity contribution in [2.24, 2.45) is 0 Å². The van der Waals surface area contributed by atoms with Gasteiger partial charge in [0.1, 0.15) is 5.75 Å². The van der Waals surface area contributed by atoms with Gasteiger partial charge in [-0.1, -0.05) is 23.5 Å². The number of carbonyl (C=O) groups excluding carboxylic acids is 1. The molecule has 1 amide bonds. The topological polar surface area (TPSA) is 68.5 Å². The first-order chi connectivity index (χ1) is 14.7. The van der Waals surface area contributed by atoms with Gasteiger partial charge in [0.15, 0.2) is 10.1 Å². The van der Waals surface area contributed by atoms with Gasteiger partial charge in [-0.05, 0) is 43.3 Å². The minimum absolute atomic E-state index is 0.0925. The highest BCUT2D eigenvalue weighted by Crippen LogP contribution is 2.27. The fourth-order valence-electron chi connectivity index (χ4n) is 3.24.